The van der Waals surface area contributed by atoms with Gasteiger partial charge in [0.05, 0.1) is 4.92 Å². The van der Waals surface area contributed by atoms with Gasteiger partial charge in [-0.05, 0) is 38.6 Å². The summed E-state index contributed by atoms with van der Waals surface area (Å²) in [7, 11) is 4.20. The van der Waals surface area contributed by atoms with E-state index in [-0.39, 0.29) is 10.6 Å². The Morgan fingerprint density at radius 3 is 2.85 bits per heavy atom. The van der Waals surface area contributed by atoms with Crippen LogP contribution < -0.4 is 4.90 Å². The molecule has 1 aliphatic heterocycles. The average Bonchev–Trinajstić information content (AvgIpc) is 2.83. The first-order chi connectivity index (χ1) is 9.52. The van der Waals surface area contributed by atoms with Gasteiger partial charge in [-0.15, -0.1) is 0 Å². The summed E-state index contributed by atoms with van der Waals surface area (Å²) in [5.41, 5.74) is 1.93. The Kier molecular flexibility index (Phi) is 4.99. The fourth-order valence-electron chi connectivity index (χ4n) is 2.73. The van der Waals surface area contributed by atoms with E-state index in [2.05, 4.69) is 32.8 Å². The number of nitrogens with zero attached hydrogens (tertiary/aromatic N) is 3. The third kappa shape index (κ3) is 3.30. The molecule has 0 bridgehead atoms. The molecule has 0 aliphatic carbocycles. The van der Waals surface area contributed by atoms with Crippen molar-refractivity contribution in [1.82, 2.24) is 4.90 Å². The maximum atomic E-state index is 10.9. The van der Waals surface area contributed by atoms with Crippen LogP contribution in [0.5, 0.6) is 0 Å². The Balaban J connectivity index is 2.13. The van der Waals surface area contributed by atoms with Crippen molar-refractivity contribution in [3.8, 4) is 0 Å². The molecule has 0 radical (unpaired) electrons. The third-order valence-corrected chi connectivity index (χ3v) is 4.60. The van der Waals surface area contributed by atoms with Crippen molar-refractivity contribution >= 4 is 27.3 Å². The summed E-state index contributed by atoms with van der Waals surface area (Å²) in [5, 5.41) is 11.4. The Bertz CT molecular complexity index is 495. The average molecular weight is 342 g/mol. The lowest BCUT2D eigenvalue weighted by Gasteiger charge is -2.27. The number of nitro benzene ring substituents is 1. The molecule has 1 fully saturated rings. The molecule has 1 unspecified atom stereocenters. The predicted octanol–water partition coefficient (Wildman–Crippen LogP) is 3.02. The fraction of sp³-hybridized carbons (Fsp3) is 0.571. The Hall–Kier alpha value is -1.14. The van der Waals surface area contributed by atoms with Gasteiger partial charge in [-0.2, -0.15) is 0 Å². The van der Waals surface area contributed by atoms with E-state index >= 15 is 0 Å². The summed E-state index contributed by atoms with van der Waals surface area (Å²) in [4.78, 5) is 15.2. The Morgan fingerprint density at radius 1 is 1.55 bits per heavy atom. The van der Waals surface area contributed by atoms with Crippen LogP contribution in [0, 0.1) is 10.1 Å². The maximum Gasteiger partial charge on any atom is 0.273 e. The predicted molar refractivity (Wildman–Crippen MR) is 84.6 cm³/mol. The Labute approximate surface area is 127 Å². The van der Waals surface area contributed by atoms with Crippen molar-refractivity contribution in [1.29, 1.82) is 0 Å². The zero-order valence-corrected chi connectivity index (χ0v) is 13.5. The molecule has 1 heterocycles. The first-order valence-corrected chi connectivity index (χ1v) is 7.89. The lowest BCUT2D eigenvalue weighted by atomic mass is 10.1. The molecule has 6 heteroatoms. The lowest BCUT2D eigenvalue weighted by molar-refractivity contribution is -0.385. The van der Waals surface area contributed by atoms with E-state index in [0.29, 0.717) is 11.4 Å². The molecule has 1 aliphatic rings. The number of rotatable bonds is 5. The summed E-state index contributed by atoms with van der Waals surface area (Å²) in [6.07, 6.45) is 2.47. The van der Waals surface area contributed by atoms with Gasteiger partial charge in [-0.1, -0.05) is 15.9 Å². The van der Waals surface area contributed by atoms with Gasteiger partial charge in [0, 0.05) is 42.3 Å². The van der Waals surface area contributed by atoms with Crippen LogP contribution in [0.2, 0.25) is 0 Å². The highest BCUT2D eigenvalue weighted by atomic mass is 79.9. The molecule has 1 aromatic carbocycles. The molecule has 0 saturated carbocycles. The number of nitro groups is 1. The van der Waals surface area contributed by atoms with Crippen LogP contribution in [-0.2, 0) is 5.33 Å². The highest BCUT2D eigenvalue weighted by Crippen LogP contribution is 2.27. The standard InChI is InChI=1S/C14H20BrN3O2/c1-16-7-3-4-13(16)10-17(2)12-5-6-14(18(19)20)11(8-12)9-15/h5-6,8,13H,3-4,7,9-10H2,1-2H3. The monoisotopic (exact) mass is 341 g/mol. The summed E-state index contributed by atoms with van der Waals surface area (Å²) < 4.78 is 0. The van der Waals surface area contributed by atoms with Gasteiger partial charge in [0.25, 0.3) is 5.69 Å². The number of hydrogen-bond donors (Lipinski definition) is 0. The molecule has 110 valence electrons. The van der Waals surface area contributed by atoms with Crippen molar-refractivity contribution in [2.24, 2.45) is 0 Å². The third-order valence-electron chi connectivity index (χ3n) is 4.00. The van der Waals surface area contributed by atoms with Crippen LogP contribution in [0.25, 0.3) is 0 Å². The van der Waals surface area contributed by atoms with Gasteiger partial charge < -0.3 is 9.80 Å². The molecule has 5 nitrogen and oxygen atoms in total. The number of alkyl halides is 1. The van der Waals surface area contributed by atoms with Crippen molar-refractivity contribution in [2.45, 2.75) is 24.2 Å². The lowest BCUT2D eigenvalue weighted by Crippen LogP contribution is -2.36. The molecular weight excluding hydrogens is 322 g/mol. The van der Waals surface area contributed by atoms with E-state index in [9.17, 15) is 10.1 Å². The minimum absolute atomic E-state index is 0.178. The largest absolute Gasteiger partial charge is 0.373 e. The van der Waals surface area contributed by atoms with Crippen molar-refractivity contribution in [2.75, 3.05) is 32.1 Å². The van der Waals surface area contributed by atoms with Crippen LogP contribution in [0.3, 0.4) is 0 Å². The van der Waals surface area contributed by atoms with Crippen LogP contribution in [0.4, 0.5) is 11.4 Å². The SMILES string of the molecule is CN(CC1CCCN1C)c1ccc([N+](=O)[O-])c(CBr)c1. The minimum atomic E-state index is -0.328. The van der Waals surface area contributed by atoms with Crippen molar-refractivity contribution in [3.63, 3.8) is 0 Å². The highest BCUT2D eigenvalue weighted by molar-refractivity contribution is 9.08. The number of benzene rings is 1. The van der Waals surface area contributed by atoms with Gasteiger partial charge >= 0.3 is 0 Å². The van der Waals surface area contributed by atoms with E-state index in [4.69, 9.17) is 0 Å². The van der Waals surface area contributed by atoms with Gasteiger partial charge in [-0.25, -0.2) is 0 Å². The molecule has 20 heavy (non-hydrogen) atoms. The van der Waals surface area contributed by atoms with E-state index in [0.717, 1.165) is 24.3 Å². The van der Waals surface area contributed by atoms with Crippen molar-refractivity contribution < 1.29 is 4.92 Å². The van der Waals surface area contributed by atoms with Gasteiger partial charge in [0.1, 0.15) is 0 Å². The molecule has 0 spiro atoms. The molecule has 0 N–H and O–H groups in total. The number of likely N-dealkylation sites (tertiary alicyclic amines) is 1. The first-order valence-electron chi connectivity index (χ1n) is 6.77. The van der Waals surface area contributed by atoms with E-state index < -0.39 is 0 Å². The second kappa shape index (κ2) is 6.54. The molecule has 0 amide bonds. The quantitative estimate of drug-likeness (QED) is 0.469. The Morgan fingerprint density at radius 2 is 2.30 bits per heavy atom. The fourth-order valence-corrected chi connectivity index (χ4v) is 3.18. The van der Waals surface area contributed by atoms with Gasteiger partial charge in [0.2, 0.25) is 0 Å². The maximum absolute atomic E-state index is 10.9. The second-order valence-corrected chi connectivity index (χ2v) is 5.92. The molecule has 2 rings (SSSR count). The van der Waals surface area contributed by atoms with E-state index in [1.165, 1.54) is 12.8 Å². The normalized spacial score (nSPS) is 19.2. The first kappa shape index (κ1) is 15.3. The number of hydrogen-bond acceptors (Lipinski definition) is 4. The minimum Gasteiger partial charge on any atom is -0.373 e. The summed E-state index contributed by atoms with van der Waals surface area (Å²) in [6, 6.07) is 5.91. The van der Waals surface area contributed by atoms with Crippen molar-refractivity contribution in [3.05, 3.63) is 33.9 Å². The van der Waals surface area contributed by atoms with Crippen LogP contribution in [0.1, 0.15) is 18.4 Å². The molecule has 1 saturated heterocycles. The summed E-state index contributed by atoms with van der Waals surface area (Å²) in [5.74, 6) is 0. The molecule has 1 aromatic rings. The smallest absolute Gasteiger partial charge is 0.273 e. The highest BCUT2D eigenvalue weighted by Gasteiger charge is 2.23. The number of likely N-dealkylation sites (N-methyl/N-ethyl adjacent to an activating group) is 2. The molecule has 1 atom stereocenters. The van der Waals surface area contributed by atoms with E-state index in [1.54, 1.807) is 6.07 Å². The number of anilines is 1. The van der Waals surface area contributed by atoms with Crippen LogP contribution in [0.15, 0.2) is 18.2 Å². The van der Waals surface area contributed by atoms with E-state index in [1.807, 2.05) is 19.2 Å². The van der Waals surface area contributed by atoms with Gasteiger partial charge in [0.15, 0.2) is 0 Å². The van der Waals surface area contributed by atoms with Crippen LogP contribution >= 0.6 is 15.9 Å². The molecule has 0 aromatic heterocycles. The second-order valence-electron chi connectivity index (χ2n) is 5.36. The molecular formula is C14H20BrN3O2. The van der Waals surface area contributed by atoms with Crippen LogP contribution in [-0.4, -0.2) is 43.0 Å². The summed E-state index contributed by atoms with van der Waals surface area (Å²) in [6.45, 7) is 2.11. The topological polar surface area (TPSA) is 49.6 Å². The summed E-state index contributed by atoms with van der Waals surface area (Å²) >= 11 is 3.33. The zero-order valence-electron chi connectivity index (χ0n) is 11.9. The number of halogens is 1. The zero-order chi connectivity index (χ0) is 14.7. The van der Waals surface area contributed by atoms with Gasteiger partial charge in [-0.3, -0.25) is 10.1 Å².